The second kappa shape index (κ2) is 7.25. The van der Waals surface area contributed by atoms with Crippen molar-refractivity contribution in [3.63, 3.8) is 0 Å². The summed E-state index contributed by atoms with van der Waals surface area (Å²) in [5, 5.41) is 12.5. The van der Waals surface area contributed by atoms with Gasteiger partial charge in [0.1, 0.15) is 0 Å². The molecule has 3 heterocycles. The van der Waals surface area contributed by atoms with E-state index in [2.05, 4.69) is 15.5 Å². The van der Waals surface area contributed by atoms with Crippen molar-refractivity contribution in [1.82, 2.24) is 20.1 Å². The van der Waals surface area contributed by atoms with E-state index in [1.54, 1.807) is 6.26 Å². The van der Waals surface area contributed by atoms with Crippen LogP contribution in [0.3, 0.4) is 0 Å². The number of carbonyl (C=O) groups is 1. The summed E-state index contributed by atoms with van der Waals surface area (Å²) < 4.78 is 7.42. The number of hydrogen-bond acceptors (Lipinski definition) is 6. The molecule has 6 nitrogen and oxygen atoms in total. The van der Waals surface area contributed by atoms with Gasteiger partial charge < -0.3 is 9.73 Å². The number of thioether (sulfide) groups is 1. The Morgan fingerprint density at radius 1 is 1.24 bits per heavy atom. The molecule has 1 aromatic carbocycles. The number of nitrogens with one attached hydrogen (secondary N) is 1. The van der Waals surface area contributed by atoms with Gasteiger partial charge in [0.25, 0.3) is 0 Å². The standard InChI is InChI=1S/C18H18N4O2S/c23-15(14-8-4-10-19-14)12-25-18-21-20-17(16-9-5-11-24-16)22(18)13-6-2-1-3-7-13/h1-3,5-7,9,11,14,19H,4,8,10,12H2. The van der Waals surface area contributed by atoms with E-state index in [1.165, 1.54) is 11.8 Å². The third kappa shape index (κ3) is 3.38. The highest BCUT2D eigenvalue weighted by atomic mass is 32.2. The van der Waals surface area contributed by atoms with Gasteiger partial charge in [0.05, 0.1) is 18.1 Å². The third-order valence-corrected chi connectivity index (χ3v) is 5.13. The van der Waals surface area contributed by atoms with E-state index in [9.17, 15) is 4.79 Å². The van der Waals surface area contributed by atoms with Crippen molar-refractivity contribution in [2.75, 3.05) is 12.3 Å². The van der Waals surface area contributed by atoms with Gasteiger partial charge in [-0.2, -0.15) is 0 Å². The largest absolute Gasteiger partial charge is 0.461 e. The maximum Gasteiger partial charge on any atom is 0.205 e. The molecule has 0 radical (unpaired) electrons. The van der Waals surface area contributed by atoms with E-state index in [0.717, 1.165) is 25.1 Å². The lowest BCUT2D eigenvalue weighted by Crippen LogP contribution is -2.32. The van der Waals surface area contributed by atoms with Gasteiger partial charge in [-0.1, -0.05) is 30.0 Å². The highest BCUT2D eigenvalue weighted by Gasteiger charge is 2.24. The molecule has 25 heavy (non-hydrogen) atoms. The molecule has 2 aromatic heterocycles. The van der Waals surface area contributed by atoms with E-state index in [1.807, 2.05) is 47.0 Å². The second-order valence-corrected chi connectivity index (χ2v) is 6.80. The van der Waals surface area contributed by atoms with Gasteiger partial charge in [-0.15, -0.1) is 10.2 Å². The number of benzene rings is 1. The van der Waals surface area contributed by atoms with Crippen LogP contribution in [0.15, 0.2) is 58.3 Å². The lowest BCUT2D eigenvalue weighted by Gasteiger charge is -2.10. The molecule has 128 valence electrons. The SMILES string of the molecule is O=C(CSc1nnc(-c2ccco2)n1-c1ccccc1)C1CCCN1. The van der Waals surface area contributed by atoms with Crippen molar-refractivity contribution < 1.29 is 9.21 Å². The summed E-state index contributed by atoms with van der Waals surface area (Å²) in [4.78, 5) is 12.3. The molecule has 0 aliphatic carbocycles. The molecule has 7 heteroatoms. The number of carbonyl (C=O) groups excluding carboxylic acids is 1. The first-order valence-corrected chi connectivity index (χ1v) is 9.25. The Bertz CT molecular complexity index is 839. The van der Waals surface area contributed by atoms with Gasteiger partial charge in [-0.25, -0.2) is 0 Å². The number of hydrogen-bond donors (Lipinski definition) is 1. The lowest BCUT2D eigenvalue weighted by atomic mass is 10.2. The van der Waals surface area contributed by atoms with Crippen LogP contribution in [-0.2, 0) is 4.79 Å². The van der Waals surface area contributed by atoms with Crippen LogP contribution in [0.2, 0.25) is 0 Å². The van der Waals surface area contributed by atoms with Crippen molar-refractivity contribution in [3.05, 3.63) is 48.7 Å². The minimum absolute atomic E-state index is 0.0230. The van der Waals surface area contributed by atoms with Crippen molar-refractivity contribution in [2.45, 2.75) is 24.0 Å². The molecular weight excluding hydrogens is 336 g/mol. The van der Waals surface area contributed by atoms with Gasteiger partial charge in [-0.3, -0.25) is 9.36 Å². The molecule has 0 bridgehead atoms. The van der Waals surface area contributed by atoms with Gasteiger partial charge in [0.2, 0.25) is 5.82 Å². The second-order valence-electron chi connectivity index (χ2n) is 5.86. The molecule has 4 rings (SSSR count). The summed E-state index contributed by atoms with van der Waals surface area (Å²) in [6.07, 6.45) is 3.59. The van der Waals surface area contributed by atoms with Crippen LogP contribution in [0.5, 0.6) is 0 Å². The van der Waals surface area contributed by atoms with Gasteiger partial charge in [-0.05, 0) is 43.7 Å². The highest BCUT2D eigenvalue weighted by Crippen LogP contribution is 2.28. The summed E-state index contributed by atoms with van der Waals surface area (Å²) in [5.74, 6) is 1.86. The predicted octanol–water partition coefficient (Wildman–Crippen LogP) is 2.94. The average molecular weight is 354 g/mol. The van der Waals surface area contributed by atoms with Crippen molar-refractivity contribution in [2.24, 2.45) is 0 Å². The van der Waals surface area contributed by atoms with Crippen molar-refractivity contribution >= 4 is 17.5 Å². The van der Waals surface area contributed by atoms with E-state index in [0.29, 0.717) is 22.5 Å². The molecule has 1 fully saturated rings. The van der Waals surface area contributed by atoms with Gasteiger partial charge in [0.15, 0.2) is 16.7 Å². The van der Waals surface area contributed by atoms with E-state index >= 15 is 0 Å². The van der Waals surface area contributed by atoms with Crippen LogP contribution in [0.25, 0.3) is 17.3 Å². The summed E-state index contributed by atoms with van der Waals surface area (Å²) >= 11 is 1.41. The van der Waals surface area contributed by atoms with Gasteiger partial charge in [0, 0.05) is 5.69 Å². The first-order chi connectivity index (χ1) is 12.3. The zero-order chi connectivity index (χ0) is 17.1. The monoisotopic (exact) mass is 354 g/mol. The Hall–Kier alpha value is -2.38. The maximum atomic E-state index is 12.3. The number of ketones is 1. The minimum Gasteiger partial charge on any atom is -0.461 e. The number of rotatable bonds is 6. The molecule has 0 spiro atoms. The number of nitrogens with zero attached hydrogens (tertiary/aromatic N) is 3. The first kappa shape index (κ1) is 16.1. The van der Waals surface area contributed by atoms with Crippen LogP contribution < -0.4 is 5.32 Å². The molecule has 0 amide bonds. The summed E-state index contributed by atoms with van der Waals surface area (Å²) in [6.45, 7) is 0.921. The normalized spacial score (nSPS) is 17.0. The molecule has 3 aromatic rings. The highest BCUT2D eigenvalue weighted by molar-refractivity contribution is 7.99. The maximum absolute atomic E-state index is 12.3. The first-order valence-electron chi connectivity index (χ1n) is 8.26. The minimum atomic E-state index is -0.0230. The molecule has 1 N–H and O–H groups in total. The fourth-order valence-corrected chi connectivity index (χ4v) is 3.83. The molecule has 1 atom stereocenters. The molecule has 1 aliphatic rings. The molecule has 1 aliphatic heterocycles. The Balaban J connectivity index is 1.62. The fraction of sp³-hybridized carbons (Fsp3) is 0.278. The number of furan rings is 1. The summed E-state index contributed by atoms with van der Waals surface area (Å²) in [6, 6.07) is 13.5. The summed E-state index contributed by atoms with van der Waals surface area (Å²) in [5.41, 5.74) is 0.938. The zero-order valence-corrected chi connectivity index (χ0v) is 14.4. The molecule has 1 saturated heterocycles. The van der Waals surface area contributed by atoms with Crippen molar-refractivity contribution in [1.29, 1.82) is 0 Å². The quantitative estimate of drug-likeness (QED) is 0.686. The Labute approximate surface area is 149 Å². The fourth-order valence-electron chi connectivity index (χ4n) is 2.93. The Kier molecular flexibility index (Phi) is 4.67. The van der Waals surface area contributed by atoms with E-state index < -0.39 is 0 Å². The van der Waals surface area contributed by atoms with E-state index in [-0.39, 0.29) is 11.8 Å². The van der Waals surface area contributed by atoms with Crippen LogP contribution >= 0.6 is 11.8 Å². The van der Waals surface area contributed by atoms with Crippen LogP contribution in [-0.4, -0.2) is 38.9 Å². The number of para-hydroxylation sites is 1. The topological polar surface area (TPSA) is 73.0 Å². The third-order valence-electron chi connectivity index (χ3n) is 4.18. The Morgan fingerprint density at radius 2 is 2.12 bits per heavy atom. The van der Waals surface area contributed by atoms with Crippen LogP contribution in [0, 0.1) is 0 Å². The van der Waals surface area contributed by atoms with Crippen LogP contribution in [0.1, 0.15) is 12.8 Å². The number of aromatic nitrogens is 3. The predicted molar refractivity (Wildman–Crippen MR) is 95.8 cm³/mol. The number of Topliss-reactive ketones (excluding diaryl/α,β-unsaturated/α-hetero) is 1. The average Bonchev–Trinajstić information content (AvgIpc) is 3.41. The molecule has 0 saturated carbocycles. The Morgan fingerprint density at radius 3 is 2.84 bits per heavy atom. The van der Waals surface area contributed by atoms with Gasteiger partial charge >= 0.3 is 0 Å². The summed E-state index contributed by atoms with van der Waals surface area (Å²) in [7, 11) is 0. The smallest absolute Gasteiger partial charge is 0.205 e. The van der Waals surface area contributed by atoms with Crippen molar-refractivity contribution in [3.8, 4) is 17.3 Å². The molecule has 1 unspecified atom stereocenters. The van der Waals surface area contributed by atoms with Crippen LogP contribution in [0.4, 0.5) is 0 Å². The zero-order valence-electron chi connectivity index (χ0n) is 13.6. The van der Waals surface area contributed by atoms with E-state index in [4.69, 9.17) is 4.42 Å². The molecular formula is C18H18N4O2S. The lowest BCUT2D eigenvalue weighted by molar-refractivity contribution is -0.118.